The molecule has 0 bridgehead atoms. The van der Waals surface area contributed by atoms with Gasteiger partial charge < -0.3 is 20.1 Å². The van der Waals surface area contributed by atoms with Gasteiger partial charge in [-0.15, -0.1) is 6.58 Å². The number of unbranched alkanes of at least 4 members (excludes halogenated alkanes) is 1. The van der Waals surface area contributed by atoms with Crippen LogP contribution in [0.15, 0.2) is 12.7 Å². The number of hydrogen-bond donors (Lipinski definition) is 2. The van der Waals surface area contributed by atoms with Gasteiger partial charge in [-0.25, -0.2) is 4.79 Å². The maximum absolute atomic E-state index is 11.8. The van der Waals surface area contributed by atoms with Crippen LogP contribution in [-0.4, -0.2) is 54.9 Å². The summed E-state index contributed by atoms with van der Waals surface area (Å²) in [6.45, 7) is 4.59. The molecular formula is C12H20N2O4. The number of nitrogens with zero attached hydrogens (tertiary/aromatic N) is 1. The number of amides is 2. The number of carbonyl (C=O) groups excluding carboxylic acids is 1. The first-order valence-corrected chi connectivity index (χ1v) is 6.00. The van der Waals surface area contributed by atoms with Crippen LogP contribution in [0.5, 0.6) is 0 Å². The average molecular weight is 256 g/mol. The van der Waals surface area contributed by atoms with Crippen molar-refractivity contribution in [3.8, 4) is 0 Å². The number of ether oxygens (including phenoxy) is 1. The highest BCUT2D eigenvalue weighted by atomic mass is 16.5. The van der Waals surface area contributed by atoms with Gasteiger partial charge in [-0.05, 0) is 12.8 Å². The van der Waals surface area contributed by atoms with E-state index in [9.17, 15) is 9.59 Å². The number of nitrogens with one attached hydrogen (secondary N) is 1. The summed E-state index contributed by atoms with van der Waals surface area (Å²) in [5.41, 5.74) is 0. The van der Waals surface area contributed by atoms with E-state index in [1.807, 2.05) is 0 Å². The third kappa shape index (κ3) is 3.73. The van der Waals surface area contributed by atoms with E-state index >= 15 is 0 Å². The Morgan fingerprint density at radius 1 is 1.56 bits per heavy atom. The fourth-order valence-electron chi connectivity index (χ4n) is 1.88. The number of carbonyl (C=O) groups is 2. The van der Waals surface area contributed by atoms with Crippen molar-refractivity contribution in [1.82, 2.24) is 10.2 Å². The second kappa shape index (κ2) is 7.00. The quantitative estimate of drug-likeness (QED) is 0.541. The monoisotopic (exact) mass is 256 g/mol. The number of carboxylic acid groups (broad SMARTS) is 1. The topological polar surface area (TPSA) is 78.9 Å². The van der Waals surface area contributed by atoms with Gasteiger partial charge in [-0.1, -0.05) is 6.08 Å². The molecule has 2 amide bonds. The van der Waals surface area contributed by atoms with Crippen LogP contribution in [-0.2, 0) is 9.53 Å². The predicted octanol–water partition coefficient (Wildman–Crippen LogP) is 0.694. The molecular weight excluding hydrogens is 236 g/mol. The number of hydrogen-bond acceptors (Lipinski definition) is 3. The Balaban J connectivity index is 2.42. The van der Waals surface area contributed by atoms with Crippen molar-refractivity contribution in [2.24, 2.45) is 5.92 Å². The van der Waals surface area contributed by atoms with Crippen molar-refractivity contribution < 1.29 is 19.4 Å². The molecule has 1 saturated heterocycles. The normalized spacial score (nSPS) is 22.5. The standard InChI is InChI=1S/C12H20N2O4/c1-3-4-5-6-13-12(17)14(2)10-8-18-7-9(10)11(15)16/h3,9-10H,1,4-8H2,2H3,(H,13,17)(H,15,16). The van der Waals surface area contributed by atoms with Gasteiger partial charge in [0.1, 0.15) is 5.92 Å². The molecule has 0 aromatic rings. The van der Waals surface area contributed by atoms with Crippen LogP contribution in [0.1, 0.15) is 12.8 Å². The van der Waals surface area contributed by atoms with E-state index in [4.69, 9.17) is 9.84 Å². The zero-order valence-electron chi connectivity index (χ0n) is 10.6. The first-order valence-electron chi connectivity index (χ1n) is 6.00. The molecule has 102 valence electrons. The Kier molecular flexibility index (Phi) is 5.64. The van der Waals surface area contributed by atoms with E-state index in [-0.39, 0.29) is 19.2 Å². The number of allylic oxidation sites excluding steroid dienone is 1. The maximum Gasteiger partial charge on any atom is 0.317 e. The summed E-state index contributed by atoms with van der Waals surface area (Å²) >= 11 is 0. The highest BCUT2D eigenvalue weighted by Crippen LogP contribution is 2.18. The summed E-state index contributed by atoms with van der Waals surface area (Å²) in [7, 11) is 1.60. The molecule has 18 heavy (non-hydrogen) atoms. The second-order valence-corrected chi connectivity index (χ2v) is 4.32. The average Bonchev–Trinajstić information content (AvgIpc) is 2.82. The summed E-state index contributed by atoms with van der Waals surface area (Å²) in [5, 5.41) is 11.8. The molecule has 0 aliphatic carbocycles. The number of likely N-dealkylation sites (N-methyl/N-ethyl adjacent to an activating group) is 1. The molecule has 0 aromatic heterocycles. The lowest BCUT2D eigenvalue weighted by atomic mass is 10.0. The Morgan fingerprint density at radius 3 is 2.89 bits per heavy atom. The fourth-order valence-corrected chi connectivity index (χ4v) is 1.88. The van der Waals surface area contributed by atoms with Gasteiger partial charge in [0.05, 0.1) is 19.3 Å². The SMILES string of the molecule is C=CCCCNC(=O)N(C)C1COCC1C(=O)O. The molecule has 1 rings (SSSR count). The van der Waals surface area contributed by atoms with Crippen molar-refractivity contribution in [2.45, 2.75) is 18.9 Å². The summed E-state index contributed by atoms with van der Waals surface area (Å²) in [6.07, 6.45) is 3.46. The zero-order valence-corrected chi connectivity index (χ0v) is 10.6. The van der Waals surface area contributed by atoms with Crippen LogP contribution >= 0.6 is 0 Å². The summed E-state index contributed by atoms with van der Waals surface area (Å²) in [6, 6.07) is -0.664. The molecule has 0 saturated carbocycles. The molecule has 6 nitrogen and oxygen atoms in total. The third-order valence-corrected chi connectivity index (χ3v) is 3.05. The highest BCUT2D eigenvalue weighted by Gasteiger charge is 2.38. The lowest BCUT2D eigenvalue weighted by Gasteiger charge is -2.26. The number of aliphatic carboxylic acids is 1. The zero-order chi connectivity index (χ0) is 13.5. The van der Waals surface area contributed by atoms with Crippen molar-refractivity contribution in [3.63, 3.8) is 0 Å². The largest absolute Gasteiger partial charge is 0.481 e. The molecule has 1 aliphatic rings. The van der Waals surface area contributed by atoms with Gasteiger partial charge in [0.15, 0.2) is 0 Å². The molecule has 2 unspecified atom stereocenters. The Hall–Kier alpha value is -1.56. The number of carboxylic acids is 1. The molecule has 0 spiro atoms. The molecule has 1 heterocycles. The van der Waals surface area contributed by atoms with E-state index in [1.54, 1.807) is 13.1 Å². The van der Waals surface area contributed by atoms with Crippen molar-refractivity contribution in [2.75, 3.05) is 26.8 Å². The maximum atomic E-state index is 11.8. The van der Waals surface area contributed by atoms with Crippen LogP contribution < -0.4 is 5.32 Å². The Bertz CT molecular complexity index is 319. The Labute approximate surface area is 107 Å². The first kappa shape index (κ1) is 14.5. The van der Waals surface area contributed by atoms with E-state index in [1.165, 1.54) is 4.90 Å². The highest BCUT2D eigenvalue weighted by molar-refractivity contribution is 5.77. The molecule has 0 aromatic carbocycles. The molecule has 6 heteroatoms. The van der Waals surface area contributed by atoms with Gasteiger partial charge in [0.25, 0.3) is 0 Å². The van der Waals surface area contributed by atoms with Crippen LogP contribution in [0, 0.1) is 5.92 Å². The summed E-state index contributed by atoms with van der Waals surface area (Å²) in [4.78, 5) is 24.2. The van der Waals surface area contributed by atoms with Gasteiger partial charge in [0, 0.05) is 13.6 Å². The van der Waals surface area contributed by atoms with E-state index < -0.39 is 17.9 Å². The van der Waals surface area contributed by atoms with Crippen LogP contribution in [0.25, 0.3) is 0 Å². The Morgan fingerprint density at radius 2 is 2.28 bits per heavy atom. The minimum atomic E-state index is -0.927. The first-order chi connectivity index (χ1) is 8.57. The predicted molar refractivity (Wildman–Crippen MR) is 66.3 cm³/mol. The van der Waals surface area contributed by atoms with Gasteiger partial charge >= 0.3 is 12.0 Å². The van der Waals surface area contributed by atoms with E-state index in [0.29, 0.717) is 6.54 Å². The number of rotatable bonds is 6. The number of urea groups is 1. The summed E-state index contributed by atoms with van der Waals surface area (Å²) < 4.78 is 5.13. The lowest BCUT2D eigenvalue weighted by Crippen LogP contribution is -2.48. The van der Waals surface area contributed by atoms with Crippen LogP contribution in [0.4, 0.5) is 4.79 Å². The lowest BCUT2D eigenvalue weighted by molar-refractivity contribution is -0.142. The van der Waals surface area contributed by atoms with E-state index in [2.05, 4.69) is 11.9 Å². The van der Waals surface area contributed by atoms with Crippen LogP contribution in [0.2, 0.25) is 0 Å². The van der Waals surface area contributed by atoms with Gasteiger partial charge in [-0.2, -0.15) is 0 Å². The molecule has 2 atom stereocenters. The third-order valence-electron chi connectivity index (χ3n) is 3.05. The van der Waals surface area contributed by atoms with Crippen LogP contribution in [0.3, 0.4) is 0 Å². The summed E-state index contributed by atoms with van der Waals surface area (Å²) in [5.74, 6) is -1.57. The molecule has 1 aliphatic heterocycles. The van der Waals surface area contributed by atoms with Crippen molar-refractivity contribution in [3.05, 3.63) is 12.7 Å². The van der Waals surface area contributed by atoms with Gasteiger partial charge in [0.2, 0.25) is 0 Å². The second-order valence-electron chi connectivity index (χ2n) is 4.32. The smallest absolute Gasteiger partial charge is 0.317 e. The fraction of sp³-hybridized carbons (Fsp3) is 0.667. The van der Waals surface area contributed by atoms with E-state index in [0.717, 1.165) is 12.8 Å². The van der Waals surface area contributed by atoms with Crippen molar-refractivity contribution in [1.29, 1.82) is 0 Å². The molecule has 1 fully saturated rings. The van der Waals surface area contributed by atoms with Gasteiger partial charge in [-0.3, -0.25) is 4.79 Å². The molecule has 0 radical (unpaired) electrons. The minimum Gasteiger partial charge on any atom is -0.481 e. The minimum absolute atomic E-state index is 0.161. The molecule has 2 N–H and O–H groups in total. The van der Waals surface area contributed by atoms with Crippen molar-refractivity contribution >= 4 is 12.0 Å².